The topological polar surface area (TPSA) is 60.0 Å². The first kappa shape index (κ1) is 21.6. The van der Waals surface area contributed by atoms with Crippen LogP contribution in [0.2, 0.25) is 5.02 Å². The van der Waals surface area contributed by atoms with Gasteiger partial charge in [-0.05, 0) is 43.8 Å². The van der Waals surface area contributed by atoms with Crippen molar-refractivity contribution >= 4 is 34.9 Å². The minimum Gasteiger partial charge on any atom is -0.460 e. The van der Waals surface area contributed by atoms with Gasteiger partial charge < -0.3 is 24.4 Å². The summed E-state index contributed by atoms with van der Waals surface area (Å²) in [6.45, 7) is 4.83. The number of carbonyl (C=O) groups is 1. The van der Waals surface area contributed by atoms with Gasteiger partial charge in [-0.15, -0.1) is 0 Å². The third kappa shape index (κ3) is 5.19. The summed E-state index contributed by atoms with van der Waals surface area (Å²) < 4.78 is 15.6. The molecule has 0 fully saturated rings. The van der Waals surface area contributed by atoms with Gasteiger partial charge in [0.25, 0.3) is 0 Å². The summed E-state index contributed by atoms with van der Waals surface area (Å²) in [6, 6.07) is 6.84. The highest BCUT2D eigenvalue weighted by Gasteiger charge is 2.36. The maximum Gasteiger partial charge on any atom is 0.338 e. The van der Waals surface area contributed by atoms with E-state index in [1.54, 1.807) is 26.4 Å². The molecule has 148 valence electrons. The Hall–Kier alpha value is -1.67. The van der Waals surface area contributed by atoms with Crippen LogP contribution in [0.15, 0.2) is 35.5 Å². The predicted molar refractivity (Wildman–Crippen MR) is 109 cm³/mol. The zero-order chi connectivity index (χ0) is 20.0. The number of esters is 1. The van der Waals surface area contributed by atoms with Crippen LogP contribution in [0.25, 0.3) is 0 Å². The van der Waals surface area contributed by atoms with Gasteiger partial charge in [0.05, 0.1) is 30.9 Å². The van der Waals surface area contributed by atoms with Crippen LogP contribution in [-0.2, 0) is 19.0 Å². The van der Waals surface area contributed by atoms with Crippen molar-refractivity contribution in [3.8, 4) is 0 Å². The highest BCUT2D eigenvalue weighted by molar-refractivity contribution is 7.80. The molecule has 2 atom stereocenters. The van der Waals surface area contributed by atoms with Crippen LogP contribution >= 0.6 is 23.8 Å². The predicted octanol–water partition coefficient (Wildman–Crippen LogP) is 3.07. The number of halogens is 1. The standard InChI is InChI=1S/C19H25ClN2O4S/c1-12(11-25-4)22-13(2)16(18(23)26-10-9-24-3)17(21-19(22)27)14-5-7-15(20)8-6-14/h5-8,12,17H,9-11H2,1-4H3,(H,21,27)/t12-,17+/m1/s1. The molecule has 1 aliphatic rings. The van der Waals surface area contributed by atoms with E-state index in [-0.39, 0.29) is 12.6 Å². The molecule has 0 aliphatic carbocycles. The third-order valence-electron chi connectivity index (χ3n) is 4.32. The summed E-state index contributed by atoms with van der Waals surface area (Å²) in [7, 11) is 3.19. The average molecular weight is 413 g/mol. The number of rotatable bonds is 8. The molecule has 1 N–H and O–H groups in total. The Labute approximate surface area is 170 Å². The number of nitrogens with zero attached hydrogens (tertiary/aromatic N) is 1. The van der Waals surface area contributed by atoms with Crippen LogP contribution in [0.4, 0.5) is 0 Å². The molecule has 1 aromatic rings. The highest BCUT2D eigenvalue weighted by Crippen LogP contribution is 2.33. The monoisotopic (exact) mass is 412 g/mol. The van der Waals surface area contributed by atoms with E-state index in [2.05, 4.69) is 5.32 Å². The van der Waals surface area contributed by atoms with Crippen LogP contribution in [0.1, 0.15) is 25.5 Å². The number of benzene rings is 1. The Bertz CT molecular complexity index is 708. The van der Waals surface area contributed by atoms with E-state index in [0.29, 0.717) is 28.9 Å². The van der Waals surface area contributed by atoms with Crippen molar-refractivity contribution < 1.29 is 19.0 Å². The van der Waals surface area contributed by atoms with Gasteiger partial charge in [0.2, 0.25) is 0 Å². The van der Waals surface area contributed by atoms with E-state index in [4.69, 9.17) is 38.0 Å². The van der Waals surface area contributed by atoms with E-state index in [9.17, 15) is 4.79 Å². The molecule has 0 spiro atoms. The Kier molecular flexibility index (Phi) is 8.04. The number of thiocarbonyl (C=S) groups is 1. The molecule has 27 heavy (non-hydrogen) atoms. The number of ether oxygens (including phenoxy) is 3. The van der Waals surface area contributed by atoms with Crippen molar-refractivity contribution in [3.63, 3.8) is 0 Å². The first-order chi connectivity index (χ1) is 12.9. The number of hydrogen-bond donors (Lipinski definition) is 1. The fourth-order valence-electron chi connectivity index (χ4n) is 3.07. The van der Waals surface area contributed by atoms with E-state index >= 15 is 0 Å². The molecule has 2 rings (SSSR count). The summed E-state index contributed by atoms with van der Waals surface area (Å²) >= 11 is 11.6. The molecule has 8 heteroatoms. The van der Waals surface area contributed by atoms with Gasteiger partial charge in [0, 0.05) is 24.9 Å². The van der Waals surface area contributed by atoms with Crippen molar-refractivity contribution in [1.29, 1.82) is 0 Å². The molecule has 1 heterocycles. The number of methoxy groups -OCH3 is 2. The fraction of sp³-hybridized carbons (Fsp3) is 0.474. The van der Waals surface area contributed by atoms with Crippen LogP contribution in [0, 0.1) is 0 Å². The van der Waals surface area contributed by atoms with E-state index < -0.39 is 12.0 Å². The zero-order valence-corrected chi connectivity index (χ0v) is 17.5. The van der Waals surface area contributed by atoms with E-state index in [1.807, 2.05) is 30.9 Å². The molecule has 0 bridgehead atoms. The summed E-state index contributed by atoms with van der Waals surface area (Å²) in [5.74, 6) is -0.408. The van der Waals surface area contributed by atoms with Crippen LogP contribution in [0.3, 0.4) is 0 Å². The van der Waals surface area contributed by atoms with Crippen molar-refractivity contribution in [1.82, 2.24) is 10.2 Å². The molecule has 0 saturated heterocycles. The van der Waals surface area contributed by atoms with Crippen molar-refractivity contribution in [2.75, 3.05) is 34.0 Å². The lowest BCUT2D eigenvalue weighted by Gasteiger charge is -2.40. The number of hydrogen-bond acceptors (Lipinski definition) is 5. The minimum atomic E-state index is -0.421. The summed E-state index contributed by atoms with van der Waals surface area (Å²) in [5, 5.41) is 4.42. The smallest absolute Gasteiger partial charge is 0.338 e. The Balaban J connectivity index is 2.44. The van der Waals surface area contributed by atoms with Crippen molar-refractivity contribution in [2.24, 2.45) is 0 Å². The second-order valence-corrected chi connectivity index (χ2v) is 7.06. The van der Waals surface area contributed by atoms with Crippen LogP contribution in [0.5, 0.6) is 0 Å². The van der Waals surface area contributed by atoms with Gasteiger partial charge in [0.1, 0.15) is 6.61 Å². The first-order valence-electron chi connectivity index (χ1n) is 8.61. The fourth-order valence-corrected chi connectivity index (χ4v) is 3.63. The van der Waals surface area contributed by atoms with Gasteiger partial charge in [-0.2, -0.15) is 0 Å². The third-order valence-corrected chi connectivity index (χ3v) is 4.89. The first-order valence-corrected chi connectivity index (χ1v) is 9.40. The summed E-state index contributed by atoms with van der Waals surface area (Å²) in [6.07, 6.45) is 0. The summed E-state index contributed by atoms with van der Waals surface area (Å²) in [4.78, 5) is 14.8. The minimum absolute atomic E-state index is 0.0389. The van der Waals surface area contributed by atoms with Gasteiger partial charge in [-0.3, -0.25) is 0 Å². The molecule has 0 radical (unpaired) electrons. The Morgan fingerprint density at radius 3 is 2.52 bits per heavy atom. The second kappa shape index (κ2) is 10.0. The SMILES string of the molecule is COCCOC(=O)C1=C(C)N([C@H](C)COC)C(=S)N[C@H]1c1ccc(Cl)cc1. The second-order valence-electron chi connectivity index (χ2n) is 6.24. The maximum absolute atomic E-state index is 12.9. The molecule has 1 aromatic carbocycles. The Morgan fingerprint density at radius 2 is 1.93 bits per heavy atom. The molecule has 0 aromatic heterocycles. The quantitative estimate of drug-likeness (QED) is 0.400. The average Bonchev–Trinajstić information content (AvgIpc) is 2.62. The van der Waals surface area contributed by atoms with Crippen LogP contribution in [-0.4, -0.2) is 56.1 Å². The molecule has 6 nitrogen and oxygen atoms in total. The number of carbonyl (C=O) groups excluding carboxylic acids is 1. The molecule has 1 aliphatic heterocycles. The largest absolute Gasteiger partial charge is 0.460 e. The lowest BCUT2D eigenvalue weighted by atomic mass is 9.94. The lowest BCUT2D eigenvalue weighted by Crippen LogP contribution is -2.52. The normalized spacial score (nSPS) is 18.3. The van der Waals surface area contributed by atoms with Crippen molar-refractivity contribution in [3.05, 3.63) is 46.1 Å². The van der Waals surface area contributed by atoms with E-state index in [1.165, 1.54) is 0 Å². The van der Waals surface area contributed by atoms with Gasteiger partial charge >= 0.3 is 5.97 Å². The van der Waals surface area contributed by atoms with Gasteiger partial charge in [-0.1, -0.05) is 23.7 Å². The van der Waals surface area contributed by atoms with E-state index in [0.717, 1.165) is 11.3 Å². The summed E-state index contributed by atoms with van der Waals surface area (Å²) in [5.41, 5.74) is 2.12. The molecular weight excluding hydrogens is 388 g/mol. The number of allylic oxidation sites excluding steroid dienone is 1. The van der Waals surface area contributed by atoms with Crippen molar-refractivity contribution in [2.45, 2.75) is 25.9 Å². The Morgan fingerprint density at radius 1 is 1.26 bits per heavy atom. The number of nitrogens with one attached hydrogen (secondary N) is 1. The molecule has 0 saturated carbocycles. The molecule has 0 amide bonds. The zero-order valence-electron chi connectivity index (χ0n) is 16.0. The lowest BCUT2D eigenvalue weighted by molar-refractivity contribution is -0.140. The van der Waals surface area contributed by atoms with Gasteiger partial charge in [0.15, 0.2) is 5.11 Å². The van der Waals surface area contributed by atoms with Gasteiger partial charge in [-0.25, -0.2) is 4.79 Å². The highest BCUT2D eigenvalue weighted by atomic mass is 35.5. The molecular formula is C19H25ClN2O4S. The molecule has 0 unspecified atom stereocenters. The van der Waals surface area contributed by atoms with Crippen LogP contribution < -0.4 is 5.32 Å². The maximum atomic E-state index is 12.9.